The zero-order valence-electron chi connectivity index (χ0n) is 18.8. The van der Waals surface area contributed by atoms with Gasteiger partial charge in [0.2, 0.25) is 0 Å². The molecule has 2 aromatic heterocycles. The van der Waals surface area contributed by atoms with Crippen LogP contribution >= 0.6 is 0 Å². The van der Waals surface area contributed by atoms with E-state index in [-0.39, 0.29) is 23.1 Å². The summed E-state index contributed by atoms with van der Waals surface area (Å²) in [5, 5.41) is 11.8. The van der Waals surface area contributed by atoms with E-state index in [1.165, 1.54) is 29.2 Å². The predicted molar refractivity (Wildman–Crippen MR) is 122 cm³/mol. The molecule has 3 heterocycles. The molecule has 1 N–H and O–H groups in total. The fraction of sp³-hybridized carbons (Fsp3) is 0.333. The van der Waals surface area contributed by atoms with Crippen LogP contribution in [0.2, 0.25) is 0 Å². The molecule has 0 bridgehead atoms. The maximum Gasteiger partial charge on any atom is 0.280 e. The van der Waals surface area contributed by atoms with E-state index in [0.29, 0.717) is 29.1 Å². The van der Waals surface area contributed by atoms with Crippen molar-refractivity contribution in [2.75, 3.05) is 26.2 Å². The Balaban J connectivity index is 1.58. The number of halogens is 1. The van der Waals surface area contributed by atoms with Crippen molar-refractivity contribution in [3.05, 3.63) is 69.5 Å². The first kappa shape index (κ1) is 22.4. The van der Waals surface area contributed by atoms with Gasteiger partial charge in [-0.2, -0.15) is 5.26 Å². The van der Waals surface area contributed by atoms with E-state index in [2.05, 4.69) is 21.9 Å². The normalized spacial score (nSPS) is 16.6. The summed E-state index contributed by atoms with van der Waals surface area (Å²) >= 11 is 0. The monoisotopic (exact) mass is 448 g/mol. The van der Waals surface area contributed by atoms with Crippen molar-refractivity contribution in [3.63, 3.8) is 0 Å². The number of nitriles is 1. The van der Waals surface area contributed by atoms with Gasteiger partial charge in [0, 0.05) is 38.1 Å². The lowest BCUT2D eigenvalue weighted by Gasteiger charge is -2.39. The summed E-state index contributed by atoms with van der Waals surface area (Å²) in [7, 11) is 0. The number of aryl methyl sites for hydroxylation is 1. The number of carbonyl (C=O) groups is 1. The van der Waals surface area contributed by atoms with Crippen LogP contribution in [0.1, 0.15) is 35.3 Å². The van der Waals surface area contributed by atoms with Crippen molar-refractivity contribution >= 4 is 5.91 Å². The summed E-state index contributed by atoms with van der Waals surface area (Å²) in [6, 6.07) is 7.77. The Bertz CT molecular complexity index is 1290. The summed E-state index contributed by atoms with van der Waals surface area (Å²) in [6.07, 6.45) is 2.95. The van der Waals surface area contributed by atoms with Gasteiger partial charge in [-0.05, 0) is 55.8 Å². The molecule has 170 valence electrons. The van der Waals surface area contributed by atoms with Crippen LogP contribution in [0.4, 0.5) is 4.39 Å². The highest BCUT2D eigenvalue weighted by atomic mass is 19.1. The third kappa shape index (κ3) is 4.17. The summed E-state index contributed by atoms with van der Waals surface area (Å²) in [4.78, 5) is 34.4. The molecule has 1 aliphatic rings. The zero-order chi connectivity index (χ0) is 23.7. The van der Waals surface area contributed by atoms with E-state index in [9.17, 15) is 14.0 Å². The number of H-pyrrole nitrogens is 1. The minimum atomic E-state index is -0.680. The van der Waals surface area contributed by atoms with Gasteiger partial charge in [-0.3, -0.25) is 19.6 Å². The fourth-order valence-electron chi connectivity index (χ4n) is 4.22. The highest BCUT2D eigenvalue weighted by Crippen LogP contribution is 2.24. The van der Waals surface area contributed by atoms with Gasteiger partial charge in [0.05, 0.1) is 16.7 Å². The summed E-state index contributed by atoms with van der Waals surface area (Å²) < 4.78 is 15.4. The number of likely N-dealkylation sites (N-methyl/N-ethyl adjacent to an activating group) is 1. The van der Waals surface area contributed by atoms with E-state index in [4.69, 9.17) is 5.26 Å². The van der Waals surface area contributed by atoms with Crippen molar-refractivity contribution in [2.45, 2.75) is 26.8 Å². The second kappa shape index (κ2) is 9.00. The molecule has 9 heteroatoms. The molecule has 1 fully saturated rings. The van der Waals surface area contributed by atoms with Crippen LogP contribution in [0.5, 0.6) is 0 Å². The van der Waals surface area contributed by atoms with Gasteiger partial charge >= 0.3 is 0 Å². The van der Waals surface area contributed by atoms with E-state index < -0.39 is 11.4 Å². The number of aromatic amines is 1. The number of rotatable bonds is 4. The molecular weight excluding hydrogens is 423 g/mol. The molecule has 1 atom stereocenters. The number of aromatic nitrogens is 3. The summed E-state index contributed by atoms with van der Waals surface area (Å²) in [5.41, 5.74) is 1.26. The first-order valence-corrected chi connectivity index (χ1v) is 10.8. The van der Waals surface area contributed by atoms with Gasteiger partial charge in [0.1, 0.15) is 11.9 Å². The molecule has 0 aliphatic carbocycles. The number of nitrogens with zero attached hydrogens (tertiary/aromatic N) is 5. The zero-order valence-corrected chi connectivity index (χ0v) is 18.8. The molecule has 3 aromatic rings. The van der Waals surface area contributed by atoms with Crippen molar-refractivity contribution in [1.82, 2.24) is 24.6 Å². The molecular formula is C24H25FN6O2. The van der Waals surface area contributed by atoms with Crippen LogP contribution in [-0.4, -0.2) is 62.7 Å². The van der Waals surface area contributed by atoms with Gasteiger partial charge in [-0.1, -0.05) is 6.92 Å². The lowest BCUT2D eigenvalue weighted by Crippen LogP contribution is -2.53. The minimum Gasteiger partial charge on any atom is -0.333 e. The average Bonchev–Trinajstić information content (AvgIpc) is 3.20. The van der Waals surface area contributed by atoms with Gasteiger partial charge < -0.3 is 4.90 Å². The lowest BCUT2D eigenvalue weighted by molar-refractivity contribution is 0.0499. The maximum absolute atomic E-state index is 14.1. The number of nitrogens with one attached hydrogen (secondary N) is 1. The minimum absolute atomic E-state index is 0.0699. The highest BCUT2D eigenvalue weighted by Gasteiger charge is 2.27. The fourth-order valence-corrected chi connectivity index (χ4v) is 4.22. The Morgan fingerprint density at radius 2 is 2.09 bits per heavy atom. The second-order valence-electron chi connectivity index (χ2n) is 8.23. The van der Waals surface area contributed by atoms with E-state index >= 15 is 0 Å². The number of amides is 1. The van der Waals surface area contributed by atoms with E-state index in [1.807, 2.05) is 11.8 Å². The van der Waals surface area contributed by atoms with Crippen LogP contribution in [0, 0.1) is 24.1 Å². The second-order valence-corrected chi connectivity index (χ2v) is 8.23. The average molecular weight is 449 g/mol. The van der Waals surface area contributed by atoms with Crippen molar-refractivity contribution in [1.29, 1.82) is 5.26 Å². The Morgan fingerprint density at radius 1 is 1.30 bits per heavy atom. The largest absolute Gasteiger partial charge is 0.333 e. The molecule has 33 heavy (non-hydrogen) atoms. The number of hydrogen-bond donors (Lipinski definition) is 1. The van der Waals surface area contributed by atoms with Gasteiger partial charge in [0.15, 0.2) is 5.82 Å². The Labute approximate surface area is 190 Å². The standard InChI is InChI=1S/C24H25FN6O2/c1-4-29-7-8-30(16(3)14-29)23(32)17-5-6-22(27-12-17)31-24(33)20(13-28-31)19-10-21(25)18(11-26)9-15(19)2/h5-6,9-10,12-13,16,28H,4,7-8,14H2,1-3H3/t16-/m1/s1. The topological polar surface area (TPSA) is 98.0 Å². The first-order valence-electron chi connectivity index (χ1n) is 10.8. The maximum atomic E-state index is 14.1. The quantitative estimate of drug-likeness (QED) is 0.662. The molecule has 0 unspecified atom stereocenters. The van der Waals surface area contributed by atoms with Crippen molar-refractivity contribution in [3.8, 4) is 23.0 Å². The number of carbonyl (C=O) groups excluding carboxylic acids is 1. The van der Waals surface area contributed by atoms with Crippen LogP contribution < -0.4 is 5.56 Å². The third-order valence-corrected chi connectivity index (χ3v) is 6.14. The SMILES string of the molecule is CCN1CCN(C(=O)c2ccc(-n3[nH]cc(-c4cc(F)c(C#N)cc4C)c3=O)nc2)[C@H](C)C1. The number of hydrogen-bond acceptors (Lipinski definition) is 5. The Morgan fingerprint density at radius 3 is 2.73 bits per heavy atom. The molecule has 1 saturated heterocycles. The predicted octanol–water partition coefficient (Wildman–Crippen LogP) is 2.71. The molecule has 4 rings (SSSR count). The van der Waals surface area contributed by atoms with Crippen LogP contribution in [0.15, 0.2) is 41.5 Å². The molecule has 0 saturated carbocycles. The van der Waals surface area contributed by atoms with Crippen LogP contribution in [0.3, 0.4) is 0 Å². The van der Waals surface area contributed by atoms with E-state index in [1.54, 1.807) is 25.1 Å². The van der Waals surface area contributed by atoms with Gasteiger partial charge in [0.25, 0.3) is 11.5 Å². The van der Waals surface area contributed by atoms with Crippen LogP contribution in [0.25, 0.3) is 16.9 Å². The third-order valence-electron chi connectivity index (χ3n) is 6.14. The Hall–Kier alpha value is -3.77. The summed E-state index contributed by atoms with van der Waals surface area (Å²) in [6.45, 7) is 9.17. The summed E-state index contributed by atoms with van der Waals surface area (Å²) in [5.74, 6) is -0.445. The smallest absolute Gasteiger partial charge is 0.280 e. The lowest BCUT2D eigenvalue weighted by atomic mass is 10.0. The number of benzene rings is 1. The molecule has 8 nitrogen and oxygen atoms in total. The van der Waals surface area contributed by atoms with Crippen molar-refractivity contribution in [2.24, 2.45) is 0 Å². The molecule has 1 aromatic carbocycles. The van der Waals surface area contributed by atoms with E-state index in [0.717, 1.165) is 19.6 Å². The molecule has 1 aliphatic heterocycles. The highest BCUT2D eigenvalue weighted by molar-refractivity contribution is 5.94. The molecule has 0 radical (unpaired) electrons. The molecule has 1 amide bonds. The van der Waals surface area contributed by atoms with Crippen molar-refractivity contribution < 1.29 is 9.18 Å². The van der Waals surface area contributed by atoms with Gasteiger partial charge in [-0.15, -0.1) is 0 Å². The number of pyridine rings is 1. The first-order chi connectivity index (χ1) is 15.8. The van der Waals surface area contributed by atoms with Crippen LogP contribution in [-0.2, 0) is 0 Å². The Kier molecular flexibility index (Phi) is 6.11. The molecule has 0 spiro atoms. The number of piperazine rings is 1. The van der Waals surface area contributed by atoms with Gasteiger partial charge in [-0.25, -0.2) is 14.1 Å².